The van der Waals surface area contributed by atoms with Crippen molar-refractivity contribution in [1.82, 2.24) is 4.90 Å². The Kier molecular flexibility index (Phi) is 3.92. The number of nitrogens with one attached hydrogen (secondary N) is 1. The van der Waals surface area contributed by atoms with E-state index < -0.39 is 5.43 Å². The molecule has 1 fully saturated rings. The molecule has 1 saturated heterocycles. The van der Waals surface area contributed by atoms with Crippen molar-refractivity contribution in [2.75, 3.05) is 18.4 Å². The highest BCUT2D eigenvalue weighted by atomic mass is 16.4. The van der Waals surface area contributed by atoms with E-state index in [-0.39, 0.29) is 5.75 Å². The summed E-state index contributed by atoms with van der Waals surface area (Å²) in [5.74, 6) is 0.238. The largest absolute Gasteiger partial charge is 0.502 e. The Bertz CT molecular complexity index is 654. The van der Waals surface area contributed by atoms with Crippen LogP contribution in [0, 0.1) is 0 Å². The minimum absolute atomic E-state index is 0.344. The minimum Gasteiger partial charge on any atom is -0.502 e. The van der Waals surface area contributed by atoms with Crippen molar-refractivity contribution in [2.24, 2.45) is 0 Å². The number of rotatable bonds is 4. The lowest BCUT2D eigenvalue weighted by molar-refractivity contribution is 0.288. The zero-order valence-corrected chi connectivity index (χ0v) is 11.7. The zero-order chi connectivity index (χ0) is 14.7. The van der Waals surface area contributed by atoms with E-state index >= 15 is 0 Å². The molecule has 0 bridgehead atoms. The van der Waals surface area contributed by atoms with E-state index in [2.05, 4.69) is 22.3 Å². The van der Waals surface area contributed by atoms with E-state index in [1.165, 1.54) is 6.07 Å². The van der Waals surface area contributed by atoms with Gasteiger partial charge >= 0.3 is 0 Å². The number of likely N-dealkylation sites (tertiary alicyclic amines) is 1. The van der Waals surface area contributed by atoms with Gasteiger partial charge in [-0.05, 0) is 18.6 Å². The number of benzene rings is 1. The van der Waals surface area contributed by atoms with Gasteiger partial charge in [0.1, 0.15) is 12.0 Å². The minimum atomic E-state index is -0.394. The molecular formula is C16H18N2O3. The molecule has 21 heavy (non-hydrogen) atoms. The Morgan fingerprint density at radius 1 is 1.33 bits per heavy atom. The van der Waals surface area contributed by atoms with Crippen LogP contribution in [0.15, 0.2) is 51.9 Å². The van der Waals surface area contributed by atoms with Crippen LogP contribution in [-0.2, 0) is 6.54 Å². The SMILES string of the molecule is O=c1cc(CN2CCC(Nc3ccccc3)C2)occ1O. The van der Waals surface area contributed by atoms with E-state index in [4.69, 9.17) is 4.42 Å². The summed E-state index contributed by atoms with van der Waals surface area (Å²) in [6.07, 6.45) is 2.16. The quantitative estimate of drug-likeness (QED) is 0.900. The van der Waals surface area contributed by atoms with Crippen LogP contribution in [0.5, 0.6) is 5.75 Å². The highest BCUT2D eigenvalue weighted by Crippen LogP contribution is 2.17. The lowest BCUT2D eigenvalue weighted by Crippen LogP contribution is -2.26. The van der Waals surface area contributed by atoms with E-state index in [1.807, 2.05) is 18.2 Å². The molecule has 5 nitrogen and oxygen atoms in total. The fourth-order valence-electron chi connectivity index (χ4n) is 2.61. The molecule has 110 valence electrons. The number of aromatic hydroxyl groups is 1. The summed E-state index contributed by atoms with van der Waals surface area (Å²) in [7, 11) is 0. The van der Waals surface area contributed by atoms with Crippen molar-refractivity contribution in [3.63, 3.8) is 0 Å². The topological polar surface area (TPSA) is 65.7 Å². The van der Waals surface area contributed by atoms with Crippen LogP contribution in [0.2, 0.25) is 0 Å². The average Bonchev–Trinajstić information content (AvgIpc) is 2.91. The molecular weight excluding hydrogens is 268 g/mol. The van der Waals surface area contributed by atoms with Gasteiger partial charge in [-0.25, -0.2) is 0 Å². The van der Waals surface area contributed by atoms with Crippen LogP contribution in [0.1, 0.15) is 12.2 Å². The molecule has 1 unspecified atom stereocenters. The summed E-state index contributed by atoms with van der Waals surface area (Å²) in [4.78, 5) is 13.6. The molecule has 0 saturated carbocycles. The number of nitrogens with zero attached hydrogens (tertiary/aromatic N) is 1. The third kappa shape index (κ3) is 3.44. The predicted molar refractivity (Wildman–Crippen MR) is 80.4 cm³/mol. The Balaban J connectivity index is 1.57. The van der Waals surface area contributed by atoms with E-state index in [1.54, 1.807) is 0 Å². The molecule has 2 aromatic rings. The van der Waals surface area contributed by atoms with Gasteiger partial charge in [0.25, 0.3) is 0 Å². The number of anilines is 1. The van der Waals surface area contributed by atoms with Gasteiger partial charge in [0, 0.05) is 30.9 Å². The van der Waals surface area contributed by atoms with Crippen molar-refractivity contribution in [3.05, 3.63) is 58.6 Å². The molecule has 0 radical (unpaired) electrons. The summed E-state index contributed by atoms with van der Waals surface area (Å²) in [5, 5.41) is 12.7. The second-order valence-corrected chi connectivity index (χ2v) is 5.33. The molecule has 5 heteroatoms. The molecule has 0 amide bonds. The molecule has 1 aliphatic rings. The predicted octanol–water partition coefficient (Wildman–Crippen LogP) is 2.03. The maximum atomic E-state index is 11.4. The fourth-order valence-corrected chi connectivity index (χ4v) is 2.61. The lowest BCUT2D eigenvalue weighted by atomic mass is 10.2. The van der Waals surface area contributed by atoms with Crippen LogP contribution in [0.4, 0.5) is 5.69 Å². The third-order valence-corrected chi connectivity index (χ3v) is 3.66. The monoisotopic (exact) mass is 286 g/mol. The van der Waals surface area contributed by atoms with Crippen molar-refractivity contribution in [1.29, 1.82) is 0 Å². The van der Waals surface area contributed by atoms with Gasteiger partial charge < -0.3 is 14.8 Å². The molecule has 0 spiro atoms. The van der Waals surface area contributed by atoms with E-state index in [0.717, 1.165) is 31.5 Å². The summed E-state index contributed by atoms with van der Waals surface area (Å²) < 4.78 is 5.24. The van der Waals surface area contributed by atoms with Gasteiger partial charge in [-0.1, -0.05) is 18.2 Å². The molecule has 2 heterocycles. The zero-order valence-electron chi connectivity index (χ0n) is 11.7. The maximum Gasteiger partial charge on any atom is 0.226 e. The Hall–Kier alpha value is -2.27. The summed E-state index contributed by atoms with van der Waals surface area (Å²) in [5.41, 5.74) is 0.731. The highest BCUT2D eigenvalue weighted by Gasteiger charge is 2.23. The summed E-state index contributed by atoms with van der Waals surface area (Å²) >= 11 is 0. The standard InChI is InChI=1S/C16H18N2O3/c19-15-8-14(21-11-16(15)20)10-18-7-6-13(9-18)17-12-4-2-1-3-5-12/h1-5,8,11,13,17,20H,6-7,9-10H2. The van der Waals surface area contributed by atoms with Crippen LogP contribution < -0.4 is 10.7 Å². The van der Waals surface area contributed by atoms with Crippen molar-refractivity contribution in [3.8, 4) is 5.75 Å². The van der Waals surface area contributed by atoms with Crippen molar-refractivity contribution in [2.45, 2.75) is 19.0 Å². The van der Waals surface area contributed by atoms with Gasteiger partial charge in [-0.3, -0.25) is 9.69 Å². The third-order valence-electron chi connectivity index (χ3n) is 3.66. The average molecular weight is 286 g/mol. The summed E-state index contributed by atoms with van der Waals surface area (Å²) in [6.45, 7) is 2.44. The van der Waals surface area contributed by atoms with Crippen molar-refractivity contribution < 1.29 is 9.52 Å². The number of hydrogen-bond acceptors (Lipinski definition) is 5. The smallest absolute Gasteiger partial charge is 0.226 e. The first-order valence-corrected chi connectivity index (χ1v) is 7.05. The van der Waals surface area contributed by atoms with Crippen LogP contribution in [0.25, 0.3) is 0 Å². The number of hydrogen-bond donors (Lipinski definition) is 2. The van der Waals surface area contributed by atoms with Gasteiger partial charge in [-0.15, -0.1) is 0 Å². The normalized spacial score (nSPS) is 18.8. The van der Waals surface area contributed by atoms with Crippen LogP contribution in [0.3, 0.4) is 0 Å². The van der Waals surface area contributed by atoms with E-state index in [0.29, 0.717) is 18.3 Å². The summed E-state index contributed by atoms with van der Waals surface area (Å²) in [6, 6.07) is 11.9. The Labute approximate surface area is 122 Å². The van der Waals surface area contributed by atoms with E-state index in [9.17, 15) is 9.90 Å². The molecule has 1 aromatic carbocycles. The molecule has 0 aliphatic carbocycles. The first kappa shape index (κ1) is 13.7. The molecule has 1 aliphatic heterocycles. The first-order chi connectivity index (χ1) is 10.2. The van der Waals surface area contributed by atoms with Crippen molar-refractivity contribution >= 4 is 5.69 Å². The van der Waals surface area contributed by atoms with Gasteiger partial charge in [0.15, 0.2) is 5.75 Å². The second kappa shape index (κ2) is 6.01. The molecule has 2 N–H and O–H groups in total. The molecule has 1 aromatic heterocycles. The fraction of sp³-hybridized carbons (Fsp3) is 0.312. The van der Waals surface area contributed by atoms with Gasteiger partial charge in [0.2, 0.25) is 5.43 Å². The van der Waals surface area contributed by atoms with Crippen LogP contribution in [-0.4, -0.2) is 29.1 Å². The van der Waals surface area contributed by atoms with Gasteiger partial charge in [-0.2, -0.15) is 0 Å². The number of para-hydroxylation sites is 1. The highest BCUT2D eigenvalue weighted by molar-refractivity contribution is 5.43. The molecule has 1 atom stereocenters. The van der Waals surface area contributed by atoms with Crippen LogP contribution >= 0.6 is 0 Å². The van der Waals surface area contributed by atoms with Gasteiger partial charge in [0.05, 0.1) is 6.54 Å². The Morgan fingerprint density at radius 3 is 2.90 bits per heavy atom. The first-order valence-electron chi connectivity index (χ1n) is 7.05. The second-order valence-electron chi connectivity index (χ2n) is 5.33. The lowest BCUT2D eigenvalue weighted by Gasteiger charge is -2.16. The molecule has 3 rings (SSSR count). The Morgan fingerprint density at radius 2 is 2.14 bits per heavy atom. The maximum absolute atomic E-state index is 11.4.